The highest BCUT2D eigenvalue weighted by atomic mass is 79.9. The lowest BCUT2D eigenvalue weighted by molar-refractivity contribution is -0.146. The van der Waals surface area contributed by atoms with Gasteiger partial charge in [-0.25, -0.2) is 4.79 Å². The Kier molecular flexibility index (Phi) is 3.45. The Morgan fingerprint density at radius 3 is 2.61 bits per heavy atom. The normalized spacial score (nSPS) is 13.2. The summed E-state index contributed by atoms with van der Waals surface area (Å²) in [5.74, 6) is -1.24. The van der Waals surface area contributed by atoms with Gasteiger partial charge in [-0.1, -0.05) is 15.9 Å². The molecule has 0 bridgehead atoms. The van der Waals surface area contributed by atoms with Gasteiger partial charge in [-0.05, 0) is 32.0 Å². The molecule has 18 heavy (non-hydrogen) atoms. The zero-order valence-corrected chi connectivity index (χ0v) is 11.7. The van der Waals surface area contributed by atoms with Crippen LogP contribution in [-0.2, 0) is 4.79 Å². The van der Waals surface area contributed by atoms with Crippen molar-refractivity contribution in [1.82, 2.24) is 4.57 Å². The maximum Gasteiger partial charge on any atom is 0.337 e. The fourth-order valence-corrected chi connectivity index (χ4v) is 2.39. The Balaban J connectivity index is 2.73. The third-order valence-electron chi connectivity index (χ3n) is 2.91. The maximum absolute atomic E-state index is 10.9. The number of carboxylic acids is 1. The van der Waals surface area contributed by atoms with E-state index in [1.54, 1.807) is 6.20 Å². The number of rotatable bonds is 3. The van der Waals surface area contributed by atoms with Gasteiger partial charge in [0.25, 0.3) is 0 Å². The number of carboxylic acid groups (broad SMARTS) is 1. The molecule has 0 aliphatic heterocycles. The molecule has 0 spiro atoms. The fraction of sp³-hybridized carbons (Fsp3) is 0.308. The number of carbonyl (C=O) groups is 1. The lowest BCUT2D eigenvalue weighted by Crippen LogP contribution is -2.10. The SMILES string of the molecule is CC(C)n1cc(C(O)C(=O)O)c2cc(Br)ccc21. The summed E-state index contributed by atoms with van der Waals surface area (Å²) in [6.07, 6.45) is 0.211. The van der Waals surface area contributed by atoms with Gasteiger partial charge >= 0.3 is 5.97 Å². The van der Waals surface area contributed by atoms with Crippen molar-refractivity contribution in [1.29, 1.82) is 0 Å². The molecule has 0 saturated carbocycles. The largest absolute Gasteiger partial charge is 0.479 e. The van der Waals surface area contributed by atoms with E-state index in [-0.39, 0.29) is 6.04 Å². The van der Waals surface area contributed by atoms with Gasteiger partial charge in [-0.2, -0.15) is 0 Å². The topological polar surface area (TPSA) is 62.5 Å². The fourth-order valence-electron chi connectivity index (χ4n) is 2.03. The second-order valence-electron chi connectivity index (χ2n) is 4.49. The quantitative estimate of drug-likeness (QED) is 0.915. The average Bonchev–Trinajstić information content (AvgIpc) is 2.66. The Bertz CT molecular complexity index is 604. The standard InChI is InChI=1S/C13H14BrNO3/c1-7(2)15-6-10(12(16)13(17)18)9-5-8(14)3-4-11(9)15/h3-7,12,16H,1-2H3,(H,17,18). The van der Waals surface area contributed by atoms with Crippen molar-refractivity contribution < 1.29 is 15.0 Å². The highest BCUT2D eigenvalue weighted by molar-refractivity contribution is 9.10. The Morgan fingerprint density at radius 1 is 1.39 bits per heavy atom. The van der Waals surface area contributed by atoms with Gasteiger partial charge in [-0.15, -0.1) is 0 Å². The van der Waals surface area contributed by atoms with Crippen LogP contribution in [0, 0.1) is 0 Å². The van der Waals surface area contributed by atoms with E-state index >= 15 is 0 Å². The molecule has 5 heteroatoms. The second kappa shape index (κ2) is 4.74. The van der Waals surface area contributed by atoms with Gasteiger partial charge in [-0.3, -0.25) is 0 Å². The predicted molar refractivity (Wildman–Crippen MR) is 72.6 cm³/mol. The number of hydrogen-bond acceptors (Lipinski definition) is 2. The molecule has 0 aliphatic rings. The molecule has 1 unspecified atom stereocenters. The van der Waals surface area contributed by atoms with Crippen LogP contribution in [0.15, 0.2) is 28.9 Å². The smallest absolute Gasteiger partial charge is 0.337 e. The number of benzene rings is 1. The molecule has 2 aromatic rings. The van der Waals surface area contributed by atoms with Crippen LogP contribution in [0.3, 0.4) is 0 Å². The lowest BCUT2D eigenvalue weighted by Gasteiger charge is -2.08. The molecular formula is C13H14BrNO3. The summed E-state index contributed by atoms with van der Waals surface area (Å²) < 4.78 is 2.82. The third kappa shape index (κ3) is 2.15. The minimum Gasteiger partial charge on any atom is -0.479 e. The molecule has 2 N–H and O–H groups in total. The number of nitrogens with zero attached hydrogens (tertiary/aromatic N) is 1. The van der Waals surface area contributed by atoms with Crippen LogP contribution < -0.4 is 0 Å². The van der Waals surface area contributed by atoms with Crippen molar-refractivity contribution in [2.24, 2.45) is 0 Å². The summed E-state index contributed by atoms with van der Waals surface area (Å²) in [5.41, 5.74) is 1.34. The lowest BCUT2D eigenvalue weighted by atomic mass is 10.1. The molecular weight excluding hydrogens is 298 g/mol. The molecule has 1 aromatic heterocycles. The summed E-state index contributed by atoms with van der Waals surface area (Å²) in [4.78, 5) is 10.9. The van der Waals surface area contributed by atoms with Crippen molar-refractivity contribution in [3.05, 3.63) is 34.4 Å². The highest BCUT2D eigenvalue weighted by Crippen LogP contribution is 2.31. The first-order chi connectivity index (χ1) is 8.41. The van der Waals surface area contributed by atoms with Crippen LogP contribution in [0.25, 0.3) is 10.9 Å². The van der Waals surface area contributed by atoms with Crippen LogP contribution in [0.5, 0.6) is 0 Å². The molecule has 1 aromatic carbocycles. The second-order valence-corrected chi connectivity index (χ2v) is 5.40. The molecule has 0 fully saturated rings. The number of aromatic nitrogens is 1. The van der Waals surface area contributed by atoms with Crippen molar-refractivity contribution >= 4 is 32.8 Å². The summed E-state index contributed by atoms with van der Waals surface area (Å²) in [6, 6.07) is 5.84. The minimum absolute atomic E-state index is 0.198. The molecule has 4 nitrogen and oxygen atoms in total. The zero-order chi connectivity index (χ0) is 13.4. The van der Waals surface area contributed by atoms with E-state index in [4.69, 9.17) is 5.11 Å². The Hall–Kier alpha value is -1.33. The predicted octanol–water partition coefficient (Wildman–Crippen LogP) is 3.10. The van der Waals surface area contributed by atoms with Gasteiger partial charge in [0.05, 0.1) is 0 Å². The van der Waals surface area contributed by atoms with Gasteiger partial charge in [0.15, 0.2) is 6.10 Å². The van der Waals surface area contributed by atoms with Crippen molar-refractivity contribution in [3.63, 3.8) is 0 Å². The minimum atomic E-state index is -1.50. The third-order valence-corrected chi connectivity index (χ3v) is 3.40. The first kappa shape index (κ1) is 13.1. The van der Waals surface area contributed by atoms with Crippen LogP contribution in [0.1, 0.15) is 31.6 Å². The van der Waals surface area contributed by atoms with E-state index in [9.17, 15) is 9.90 Å². The zero-order valence-electron chi connectivity index (χ0n) is 10.1. The van der Waals surface area contributed by atoms with Crippen LogP contribution in [0.2, 0.25) is 0 Å². The van der Waals surface area contributed by atoms with Gasteiger partial charge < -0.3 is 14.8 Å². The van der Waals surface area contributed by atoms with E-state index in [0.29, 0.717) is 5.56 Å². The molecule has 96 valence electrons. The summed E-state index contributed by atoms with van der Waals surface area (Å²) in [6.45, 7) is 4.02. The van der Waals surface area contributed by atoms with Crippen LogP contribution >= 0.6 is 15.9 Å². The highest BCUT2D eigenvalue weighted by Gasteiger charge is 2.22. The number of aliphatic carboxylic acids is 1. The molecule has 1 heterocycles. The molecule has 0 aliphatic carbocycles. The monoisotopic (exact) mass is 311 g/mol. The van der Waals surface area contributed by atoms with Crippen molar-refractivity contribution in [2.75, 3.05) is 0 Å². The number of halogens is 1. The average molecular weight is 312 g/mol. The first-order valence-corrected chi connectivity index (χ1v) is 6.42. The van der Waals surface area contributed by atoms with Crippen molar-refractivity contribution in [2.45, 2.75) is 26.0 Å². The van der Waals surface area contributed by atoms with Gasteiger partial charge in [0, 0.05) is 33.2 Å². The van der Waals surface area contributed by atoms with E-state index in [0.717, 1.165) is 15.4 Å². The number of aliphatic hydroxyl groups is 1. The summed E-state index contributed by atoms with van der Waals surface area (Å²) in [7, 11) is 0. The molecule has 0 saturated heterocycles. The molecule has 0 radical (unpaired) electrons. The number of hydrogen-bond donors (Lipinski definition) is 2. The van der Waals surface area contributed by atoms with E-state index in [1.807, 2.05) is 36.6 Å². The molecule has 0 amide bonds. The van der Waals surface area contributed by atoms with Crippen LogP contribution in [0.4, 0.5) is 0 Å². The Labute approximate surface area is 113 Å². The first-order valence-electron chi connectivity index (χ1n) is 5.62. The van der Waals surface area contributed by atoms with Gasteiger partial charge in [0.1, 0.15) is 0 Å². The van der Waals surface area contributed by atoms with E-state index < -0.39 is 12.1 Å². The van der Waals surface area contributed by atoms with Crippen molar-refractivity contribution in [3.8, 4) is 0 Å². The van der Waals surface area contributed by atoms with Crippen LogP contribution in [-0.4, -0.2) is 20.7 Å². The Morgan fingerprint density at radius 2 is 2.06 bits per heavy atom. The summed E-state index contributed by atoms with van der Waals surface area (Å²) in [5, 5.41) is 19.5. The number of aliphatic hydroxyl groups excluding tert-OH is 1. The number of fused-ring (bicyclic) bond motifs is 1. The maximum atomic E-state index is 10.9. The molecule has 1 atom stereocenters. The summed E-state index contributed by atoms with van der Waals surface area (Å²) >= 11 is 3.36. The van der Waals surface area contributed by atoms with Gasteiger partial charge in [0.2, 0.25) is 0 Å². The molecule has 2 rings (SSSR count). The van der Waals surface area contributed by atoms with E-state index in [1.165, 1.54) is 0 Å². The van der Waals surface area contributed by atoms with E-state index in [2.05, 4.69) is 15.9 Å².